The van der Waals surface area contributed by atoms with Crippen molar-refractivity contribution in [3.05, 3.63) is 35.4 Å². The molecule has 118 valence electrons. The topological polar surface area (TPSA) is 55.1 Å². The molecule has 0 aliphatic heterocycles. The number of nitrogens with one attached hydrogen (secondary N) is 1. The average Bonchev–Trinajstić information content (AvgIpc) is 2.41. The summed E-state index contributed by atoms with van der Waals surface area (Å²) in [5.41, 5.74) is 4.88. The molecular formula is C15H21F3N2O. The fourth-order valence-corrected chi connectivity index (χ4v) is 2.16. The van der Waals surface area contributed by atoms with E-state index in [0.29, 0.717) is 12.3 Å². The molecule has 0 aliphatic carbocycles. The Morgan fingerprint density at radius 1 is 1.29 bits per heavy atom. The number of benzene rings is 1. The van der Waals surface area contributed by atoms with Gasteiger partial charge in [-0.1, -0.05) is 32.0 Å². The molecule has 0 radical (unpaired) electrons. The van der Waals surface area contributed by atoms with E-state index in [9.17, 15) is 18.0 Å². The first-order chi connectivity index (χ1) is 9.75. The fraction of sp³-hybridized carbons (Fsp3) is 0.533. The van der Waals surface area contributed by atoms with E-state index in [-0.39, 0.29) is 30.5 Å². The van der Waals surface area contributed by atoms with Crippen molar-refractivity contribution < 1.29 is 18.0 Å². The van der Waals surface area contributed by atoms with Crippen LogP contribution in [0.2, 0.25) is 0 Å². The van der Waals surface area contributed by atoms with Crippen LogP contribution in [0.25, 0.3) is 0 Å². The predicted molar refractivity (Wildman–Crippen MR) is 75.3 cm³/mol. The van der Waals surface area contributed by atoms with E-state index < -0.39 is 11.7 Å². The number of rotatable bonds is 6. The molecule has 0 aromatic heterocycles. The van der Waals surface area contributed by atoms with Crippen LogP contribution in [0.5, 0.6) is 0 Å². The Bertz CT molecular complexity index is 472. The number of alkyl halides is 3. The van der Waals surface area contributed by atoms with Crippen molar-refractivity contribution in [3.63, 3.8) is 0 Å². The van der Waals surface area contributed by atoms with Gasteiger partial charge >= 0.3 is 6.18 Å². The summed E-state index contributed by atoms with van der Waals surface area (Å²) in [6.45, 7) is 3.97. The summed E-state index contributed by atoms with van der Waals surface area (Å²) in [5, 5.41) is 2.55. The minimum Gasteiger partial charge on any atom is -0.352 e. The largest absolute Gasteiger partial charge is 0.416 e. The summed E-state index contributed by atoms with van der Waals surface area (Å²) < 4.78 is 38.5. The van der Waals surface area contributed by atoms with Gasteiger partial charge in [-0.2, -0.15) is 13.2 Å². The maximum atomic E-state index is 12.8. The van der Waals surface area contributed by atoms with Crippen molar-refractivity contribution in [3.8, 4) is 0 Å². The second-order valence-electron chi connectivity index (χ2n) is 5.43. The molecule has 1 amide bonds. The third-order valence-electron chi connectivity index (χ3n) is 3.19. The minimum atomic E-state index is -4.42. The molecule has 1 unspecified atom stereocenters. The zero-order valence-electron chi connectivity index (χ0n) is 12.2. The maximum absolute atomic E-state index is 12.8. The highest BCUT2D eigenvalue weighted by molar-refractivity contribution is 5.78. The molecule has 1 atom stereocenters. The van der Waals surface area contributed by atoms with Crippen molar-refractivity contribution in [2.45, 2.75) is 33.0 Å². The Hall–Kier alpha value is -1.56. The fourth-order valence-electron chi connectivity index (χ4n) is 2.16. The molecule has 3 nitrogen and oxygen atoms in total. The van der Waals surface area contributed by atoms with Gasteiger partial charge in [0.05, 0.1) is 11.5 Å². The third-order valence-corrected chi connectivity index (χ3v) is 3.19. The van der Waals surface area contributed by atoms with Gasteiger partial charge in [0.2, 0.25) is 5.91 Å². The second-order valence-corrected chi connectivity index (χ2v) is 5.43. The Morgan fingerprint density at radius 3 is 2.43 bits per heavy atom. The van der Waals surface area contributed by atoms with E-state index in [2.05, 4.69) is 5.32 Å². The number of amides is 1. The van der Waals surface area contributed by atoms with Gasteiger partial charge in [0, 0.05) is 13.1 Å². The molecule has 0 fully saturated rings. The first-order valence-corrected chi connectivity index (χ1v) is 6.88. The van der Waals surface area contributed by atoms with Crippen LogP contribution in [0.15, 0.2) is 24.3 Å². The van der Waals surface area contributed by atoms with E-state index >= 15 is 0 Å². The van der Waals surface area contributed by atoms with Gasteiger partial charge in [-0.15, -0.1) is 0 Å². The summed E-state index contributed by atoms with van der Waals surface area (Å²) in [6, 6.07) is 5.22. The van der Waals surface area contributed by atoms with Crippen molar-refractivity contribution >= 4 is 5.91 Å². The first-order valence-electron chi connectivity index (χ1n) is 6.88. The van der Waals surface area contributed by atoms with Gasteiger partial charge in [-0.25, -0.2) is 0 Å². The van der Waals surface area contributed by atoms with Crippen molar-refractivity contribution in [1.82, 2.24) is 5.32 Å². The van der Waals surface area contributed by atoms with Crippen LogP contribution < -0.4 is 11.1 Å². The number of hydrogen-bond donors (Lipinski definition) is 2. The summed E-state index contributed by atoms with van der Waals surface area (Å²) >= 11 is 0. The quantitative estimate of drug-likeness (QED) is 0.849. The van der Waals surface area contributed by atoms with Crippen molar-refractivity contribution in [2.24, 2.45) is 17.6 Å². The maximum Gasteiger partial charge on any atom is 0.416 e. The number of halogens is 3. The lowest BCUT2D eigenvalue weighted by Crippen LogP contribution is -2.35. The van der Waals surface area contributed by atoms with Gasteiger partial charge in [0.25, 0.3) is 0 Å². The van der Waals surface area contributed by atoms with Crippen molar-refractivity contribution in [1.29, 1.82) is 0 Å². The highest BCUT2D eigenvalue weighted by atomic mass is 19.4. The number of nitrogens with two attached hydrogens (primary N) is 1. The number of carbonyl (C=O) groups excluding carboxylic acids is 1. The van der Waals surface area contributed by atoms with Gasteiger partial charge in [0.15, 0.2) is 0 Å². The molecule has 0 saturated carbocycles. The minimum absolute atomic E-state index is 0.0543. The Labute approximate surface area is 122 Å². The van der Waals surface area contributed by atoms with Crippen LogP contribution in [-0.2, 0) is 17.5 Å². The molecule has 1 aromatic rings. The van der Waals surface area contributed by atoms with E-state index in [1.165, 1.54) is 18.2 Å². The van der Waals surface area contributed by atoms with E-state index in [1.807, 2.05) is 13.8 Å². The van der Waals surface area contributed by atoms with E-state index in [4.69, 9.17) is 5.73 Å². The third kappa shape index (κ3) is 5.38. The Balaban J connectivity index is 2.73. The molecule has 0 saturated heterocycles. The number of carbonyl (C=O) groups is 1. The smallest absolute Gasteiger partial charge is 0.352 e. The molecule has 6 heteroatoms. The van der Waals surface area contributed by atoms with E-state index in [0.717, 1.165) is 6.07 Å². The van der Waals surface area contributed by atoms with Crippen LogP contribution in [0.3, 0.4) is 0 Å². The molecule has 0 aliphatic rings. The molecule has 0 spiro atoms. The van der Waals surface area contributed by atoms with Crippen LogP contribution >= 0.6 is 0 Å². The zero-order valence-corrected chi connectivity index (χ0v) is 12.2. The molecule has 21 heavy (non-hydrogen) atoms. The lowest BCUT2D eigenvalue weighted by Gasteiger charge is -2.18. The molecular weight excluding hydrogens is 281 g/mol. The average molecular weight is 302 g/mol. The molecule has 1 aromatic carbocycles. The van der Waals surface area contributed by atoms with Crippen LogP contribution in [-0.4, -0.2) is 12.5 Å². The van der Waals surface area contributed by atoms with Gasteiger partial charge in [-0.3, -0.25) is 4.79 Å². The van der Waals surface area contributed by atoms with Crippen LogP contribution in [0.4, 0.5) is 13.2 Å². The molecule has 0 bridgehead atoms. The first kappa shape index (κ1) is 17.5. The predicted octanol–water partition coefficient (Wildman–Crippen LogP) is 2.94. The lowest BCUT2D eigenvalue weighted by molar-refractivity contribution is -0.138. The van der Waals surface area contributed by atoms with Gasteiger partial charge in [0.1, 0.15) is 0 Å². The highest BCUT2D eigenvalue weighted by Gasteiger charge is 2.33. The van der Waals surface area contributed by atoms with Crippen LogP contribution in [0, 0.1) is 11.8 Å². The highest BCUT2D eigenvalue weighted by Crippen LogP contribution is 2.31. The summed E-state index contributed by atoms with van der Waals surface area (Å²) in [5.74, 6) is -0.377. The lowest BCUT2D eigenvalue weighted by atomic mass is 9.96. The SMILES string of the molecule is CC(C)CC(CN)C(=O)NCc1ccccc1C(F)(F)F. The van der Waals surface area contributed by atoms with Crippen LogP contribution in [0.1, 0.15) is 31.4 Å². The monoisotopic (exact) mass is 302 g/mol. The standard InChI is InChI=1S/C15H21F3N2O/c1-10(2)7-12(8-19)14(21)20-9-11-5-3-4-6-13(11)15(16,17)18/h3-6,10,12H,7-9,19H2,1-2H3,(H,20,21). The summed E-state index contributed by atoms with van der Waals surface area (Å²) in [7, 11) is 0. The second kappa shape index (κ2) is 7.45. The normalized spacial score (nSPS) is 13.3. The van der Waals surface area contributed by atoms with E-state index in [1.54, 1.807) is 0 Å². The Kier molecular flexibility index (Phi) is 6.20. The zero-order chi connectivity index (χ0) is 16.0. The molecule has 0 heterocycles. The Morgan fingerprint density at radius 2 is 1.90 bits per heavy atom. The molecule has 3 N–H and O–H groups in total. The summed E-state index contributed by atoms with van der Waals surface area (Å²) in [4.78, 5) is 12.0. The van der Waals surface area contributed by atoms with Gasteiger partial charge in [-0.05, 0) is 24.0 Å². The molecule has 1 rings (SSSR count). The summed E-state index contributed by atoms with van der Waals surface area (Å²) in [6.07, 6.45) is -3.81. The van der Waals surface area contributed by atoms with Gasteiger partial charge < -0.3 is 11.1 Å². The van der Waals surface area contributed by atoms with Crippen molar-refractivity contribution in [2.75, 3.05) is 6.54 Å². The number of hydrogen-bond acceptors (Lipinski definition) is 2.